The number of carbonyl (C=O) groups is 3. The van der Waals surface area contributed by atoms with Crippen molar-refractivity contribution in [1.29, 1.82) is 0 Å². The summed E-state index contributed by atoms with van der Waals surface area (Å²) in [4.78, 5) is 38.7. The molecule has 0 N–H and O–H groups in total. The lowest BCUT2D eigenvalue weighted by Gasteiger charge is -2.27. The minimum absolute atomic E-state index is 0.00747. The Morgan fingerprint density at radius 3 is 2.48 bits per heavy atom. The molecule has 4 rings (SSSR count). The summed E-state index contributed by atoms with van der Waals surface area (Å²) < 4.78 is 38.7. The summed E-state index contributed by atoms with van der Waals surface area (Å²) in [7, 11) is -3.82. The summed E-state index contributed by atoms with van der Waals surface area (Å²) in [6.45, 7) is 0. The van der Waals surface area contributed by atoms with Crippen LogP contribution >= 0.6 is 34.5 Å². The van der Waals surface area contributed by atoms with Gasteiger partial charge in [0, 0.05) is 12.0 Å². The van der Waals surface area contributed by atoms with Crippen LogP contribution in [-0.2, 0) is 32.3 Å². The molecule has 0 spiro atoms. The number of thiophene rings is 1. The van der Waals surface area contributed by atoms with Crippen LogP contribution in [0.1, 0.15) is 21.5 Å². The number of amides is 2. The van der Waals surface area contributed by atoms with Crippen molar-refractivity contribution < 1.29 is 27.2 Å². The van der Waals surface area contributed by atoms with E-state index in [1.165, 1.54) is 42.5 Å². The normalized spacial score (nSPS) is 13.8. The summed E-state index contributed by atoms with van der Waals surface area (Å²) in [6.07, 6.45) is -0.309. The summed E-state index contributed by atoms with van der Waals surface area (Å²) in [5.74, 6) is -3.08. The lowest BCUT2D eigenvalue weighted by Crippen LogP contribution is -2.42. The minimum atomic E-state index is -3.82. The second kappa shape index (κ2) is 8.98. The molecule has 33 heavy (non-hydrogen) atoms. The van der Waals surface area contributed by atoms with Crippen LogP contribution in [0.4, 0.5) is 10.1 Å². The summed E-state index contributed by atoms with van der Waals surface area (Å²) in [5, 5.41) is 0.0229. The number of nitrogens with zero attached hydrogens (tertiary/aromatic N) is 1. The van der Waals surface area contributed by atoms with Gasteiger partial charge in [-0.15, -0.1) is 11.3 Å². The van der Waals surface area contributed by atoms with Crippen LogP contribution in [0, 0.1) is 5.82 Å². The van der Waals surface area contributed by atoms with Crippen LogP contribution in [0.2, 0.25) is 9.36 Å². The Morgan fingerprint density at radius 2 is 1.82 bits per heavy atom. The average Bonchev–Trinajstić information content (AvgIpc) is 3.17. The maximum atomic E-state index is 13.6. The zero-order valence-electron chi connectivity index (χ0n) is 16.7. The Balaban J connectivity index is 1.53. The molecule has 1 aliphatic rings. The molecule has 0 bridgehead atoms. The van der Waals surface area contributed by atoms with E-state index < -0.39 is 39.0 Å². The first kappa shape index (κ1) is 23.6. The number of hydrogen-bond donors (Lipinski definition) is 0. The maximum Gasteiger partial charge on any atom is 0.265 e. The second-order valence-corrected chi connectivity index (χ2v) is 11.7. The predicted molar refractivity (Wildman–Crippen MR) is 123 cm³/mol. The number of rotatable bonds is 6. The van der Waals surface area contributed by atoms with E-state index in [0.717, 1.165) is 22.3 Å². The molecule has 1 aliphatic heterocycles. The van der Waals surface area contributed by atoms with E-state index in [0.29, 0.717) is 15.5 Å². The highest BCUT2D eigenvalue weighted by molar-refractivity contribution is 7.94. The number of sulfone groups is 1. The summed E-state index contributed by atoms with van der Waals surface area (Å²) in [6, 6.07) is 10.7. The van der Waals surface area contributed by atoms with Gasteiger partial charge >= 0.3 is 0 Å². The van der Waals surface area contributed by atoms with Gasteiger partial charge in [0.1, 0.15) is 15.8 Å². The fraction of sp³-hybridized carbons (Fsp3) is 0.136. The molecule has 0 saturated heterocycles. The SMILES string of the molecule is O=C(Cc1ccc(N2C(=O)Cc3ccc(F)cc3C2=O)c(Cl)c1)CS(=O)(=O)c1ccc(Cl)s1. The van der Waals surface area contributed by atoms with Crippen molar-refractivity contribution in [2.45, 2.75) is 17.1 Å². The van der Waals surface area contributed by atoms with Crippen molar-refractivity contribution in [2.75, 3.05) is 10.7 Å². The zero-order valence-corrected chi connectivity index (χ0v) is 19.8. The molecule has 11 heteroatoms. The van der Waals surface area contributed by atoms with Gasteiger partial charge in [-0.05, 0) is 47.5 Å². The highest BCUT2D eigenvalue weighted by atomic mass is 35.5. The molecule has 170 valence electrons. The second-order valence-electron chi connectivity index (χ2n) is 7.33. The van der Waals surface area contributed by atoms with E-state index in [-0.39, 0.29) is 33.3 Å². The van der Waals surface area contributed by atoms with E-state index in [4.69, 9.17) is 23.2 Å². The summed E-state index contributed by atoms with van der Waals surface area (Å²) >= 11 is 12.9. The van der Waals surface area contributed by atoms with Gasteiger partial charge in [-0.1, -0.05) is 35.3 Å². The van der Waals surface area contributed by atoms with Gasteiger partial charge in [0.2, 0.25) is 5.91 Å². The summed E-state index contributed by atoms with van der Waals surface area (Å²) in [5.41, 5.74) is 1.01. The number of benzene rings is 2. The number of ketones is 1. The number of imide groups is 1. The van der Waals surface area contributed by atoms with E-state index >= 15 is 0 Å². The highest BCUT2D eigenvalue weighted by Crippen LogP contribution is 2.32. The third-order valence-corrected chi connectivity index (χ3v) is 8.75. The van der Waals surface area contributed by atoms with Crippen molar-refractivity contribution in [3.8, 4) is 0 Å². The van der Waals surface area contributed by atoms with Gasteiger partial charge in [-0.3, -0.25) is 14.4 Å². The number of Topliss-reactive ketones (excluding diaryl/α,β-unsaturated/α-hetero) is 1. The average molecular weight is 526 g/mol. The molecule has 3 aromatic rings. The zero-order chi connectivity index (χ0) is 23.9. The fourth-order valence-corrected chi connectivity index (χ4v) is 6.59. The number of carbonyl (C=O) groups excluding carboxylic acids is 3. The topological polar surface area (TPSA) is 88.6 Å². The van der Waals surface area contributed by atoms with E-state index in [9.17, 15) is 27.2 Å². The molecular formula is C22H14Cl2FNO5S2. The van der Waals surface area contributed by atoms with Gasteiger partial charge in [0.15, 0.2) is 15.6 Å². The molecule has 0 fully saturated rings. The third kappa shape index (κ3) is 4.86. The van der Waals surface area contributed by atoms with Crippen molar-refractivity contribution in [1.82, 2.24) is 0 Å². The predicted octanol–water partition coefficient (Wildman–Crippen LogP) is 4.51. The van der Waals surface area contributed by atoms with Gasteiger partial charge in [0.25, 0.3) is 5.91 Å². The number of halogens is 3. The standard InChI is InChI=1S/C22H14Cl2FNO5S2/c23-17-8-12(7-15(27)11-33(30,31)21-6-5-19(24)32-21)1-4-18(17)26-20(28)9-13-2-3-14(25)10-16(13)22(26)29/h1-6,8,10H,7,9,11H2. The van der Waals surface area contributed by atoms with Crippen LogP contribution in [0.5, 0.6) is 0 Å². The van der Waals surface area contributed by atoms with Gasteiger partial charge in [-0.25, -0.2) is 17.7 Å². The molecule has 0 aliphatic carbocycles. The first-order chi connectivity index (χ1) is 15.5. The first-order valence-corrected chi connectivity index (χ1v) is 12.7. The Morgan fingerprint density at radius 1 is 1.06 bits per heavy atom. The molecular weight excluding hydrogens is 512 g/mol. The van der Waals surface area contributed by atoms with Gasteiger partial charge in [0.05, 0.1) is 21.5 Å². The van der Waals surface area contributed by atoms with Gasteiger partial charge < -0.3 is 0 Å². The monoisotopic (exact) mass is 525 g/mol. The Kier molecular flexibility index (Phi) is 6.41. The van der Waals surface area contributed by atoms with Crippen molar-refractivity contribution >= 4 is 67.7 Å². The molecule has 0 atom stereocenters. The van der Waals surface area contributed by atoms with Crippen LogP contribution in [-0.4, -0.2) is 31.8 Å². The van der Waals surface area contributed by atoms with Crippen LogP contribution < -0.4 is 4.90 Å². The molecule has 0 unspecified atom stereocenters. The molecule has 2 aromatic carbocycles. The van der Waals surface area contributed by atoms with Crippen molar-refractivity contribution in [3.63, 3.8) is 0 Å². The fourth-order valence-electron chi connectivity index (χ4n) is 3.49. The van der Waals surface area contributed by atoms with Crippen LogP contribution in [0.25, 0.3) is 0 Å². The van der Waals surface area contributed by atoms with Crippen molar-refractivity contribution in [3.05, 3.63) is 80.4 Å². The number of anilines is 1. The van der Waals surface area contributed by atoms with Gasteiger partial charge in [-0.2, -0.15) is 0 Å². The molecule has 6 nitrogen and oxygen atoms in total. The quantitative estimate of drug-likeness (QED) is 0.441. The molecule has 2 heterocycles. The lowest BCUT2D eigenvalue weighted by atomic mass is 9.97. The molecule has 1 aromatic heterocycles. The largest absolute Gasteiger partial charge is 0.298 e. The lowest BCUT2D eigenvalue weighted by molar-refractivity contribution is -0.118. The molecule has 0 saturated carbocycles. The van der Waals surface area contributed by atoms with Crippen LogP contribution in [0.3, 0.4) is 0 Å². The Bertz CT molecular complexity index is 1420. The number of hydrogen-bond acceptors (Lipinski definition) is 6. The van der Waals surface area contributed by atoms with E-state index in [1.807, 2.05) is 0 Å². The Hall–Kier alpha value is -2.59. The molecule has 0 radical (unpaired) electrons. The van der Waals surface area contributed by atoms with E-state index in [2.05, 4.69) is 0 Å². The smallest absolute Gasteiger partial charge is 0.265 e. The van der Waals surface area contributed by atoms with Crippen LogP contribution in [0.15, 0.2) is 52.7 Å². The Labute approximate surface area is 202 Å². The number of fused-ring (bicyclic) bond motifs is 1. The maximum absolute atomic E-state index is 13.6. The molecule has 2 amide bonds. The minimum Gasteiger partial charge on any atom is -0.298 e. The van der Waals surface area contributed by atoms with Crippen molar-refractivity contribution in [2.24, 2.45) is 0 Å². The highest BCUT2D eigenvalue weighted by Gasteiger charge is 2.33. The third-order valence-electron chi connectivity index (χ3n) is 4.96. The first-order valence-electron chi connectivity index (χ1n) is 9.49. The van der Waals surface area contributed by atoms with E-state index in [1.54, 1.807) is 0 Å².